The van der Waals surface area contributed by atoms with Crippen molar-refractivity contribution < 1.29 is 18.3 Å². The summed E-state index contributed by atoms with van der Waals surface area (Å²) < 4.78 is 42.3. The van der Waals surface area contributed by atoms with E-state index in [-0.39, 0.29) is 47.0 Å². The minimum Gasteiger partial charge on any atom is -0.477 e. The van der Waals surface area contributed by atoms with Crippen LogP contribution >= 0.6 is 15.9 Å². The van der Waals surface area contributed by atoms with Crippen molar-refractivity contribution in [2.75, 3.05) is 13.2 Å². The molecule has 0 radical (unpaired) electrons. The van der Waals surface area contributed by atoms with E-state index in [0.29, 0.717) is 71.7 Å². The summed E-state index contributed by atoms with van der Waals surface area (Å²) in [5.74, 6) is 2.49. The largest absolute Gasteiger partial charge is 0.477 e. The highest BCUT2D eigenvalue weighted by molar-refractivity contribution is 9.08. The molecular weight excluding hydrogens is 928 g/mol. The van der Waals surface area contributed by atoms with Gasteiger partial charge in [0.2, 0.25) is 11.8 Å². The minimum absolute atomic E-state index is 0.0966. The Morgan fingerprint density at radius 3 is 1.78 bits per heavy atom. The Bertz CT molecular complexity index is 3170. The first-order valence-electron chi connectivity index (χ1n) is 22.2. The van der Waals surface area contributed by atoms with Gasteiger partial charge in [0.1, 0.15) is 23.3 Å². The van der Waals surface area contributed by atoms with Gasteiger partial charge >= 0.3 is 11.4 Å². The van der Waals surface area contributed by atoms with Crippen LogP contribution in [0.5, 0.6) is 11.8 Å². The van der Waals surface area contributed by atoms with Gasteiger partial charge in [-0.25, -0.2) is 38.3 Å². The number of fused-ring (bicyclic) bond motifs is 2. The lowest BCUT2D eigenvalue weighted by molar-refractivity contribution is 0.288. The molecule has 0 atom stereocenters. The van der Waals surface area contributed by atoms with E-state index >= 15 is 0 Å². The lowest BCUT2D eigenvalue weighted by Gasteiger charge is -2.13. The lowest BCUT2D eigenvalue weighted by Crippen LogP contribution is -2.32. The molecule has 18 heteroatoms. The van der Waals surface area contributed by atoms with Gasteiger partial charge in [0, 0.05) is 42.8 Å². The SMILES string of the molecule is CC(C)n1c(=O)[nH]c(=O)c2c1nc(-c1cccnc1OCC1CC1)n2Cc1ccc(F)cc1.CC(C)n1c2c(c(=O)[nH]c1=O)CC(c1cccnc1OCC1CC1)=N2.Fc1ccc(CBr)cc1. The Labute approximate surface area is 391 Å². The van der Waals surface area contributed by atoms with Crippen molar-refractivity contribution >= 4 is 38.6 Å². The molecule has 2 N–H and O–H groups in total. The average Bonchev–Trinajstić information content (AvgIpc) is 4.24. The number of rotatable bonds is 13. The van der Waals surface area contributed by atoms with E-state index in [1.165, 1.54) is 46.2 Å². The number of aliphatic imine (C=N–C) groups is 1. The summed E-state index contributed by atoms with van der Waals surface area (Å²) >= 11 is 3.26. The number of nitrogens with one attached hydrogen (secondary N) is 2. The molecule has 10 rings (SSSR count). The summed E-state index contributed by atoms with van der Waals surface area (Å²) in [6.45, 7) is 8.96. The van der Waals surface area contributed by atoms with Crippen LogP contribution in [0.1, 0.15) is 87.7 Å². The Morgan fingerprint density at radius 2 is 1.22 bits per heavy atom. The van der Waals surface area contributed by atoms with E-state index in [1.807, 2.05) is 45.9 Å². The first kappa shape index (κ1) is 46.7. The van der Waals surface area contributed by atoms with Gasteiger partial charge in [-0.1, -0.05) is 40.2 Å². The van der Waals surface area contributed by atoms with E-state index in [0.717, 1.165) is 34.9 Å². The molecule has 348 valence electrons. The molecular formula is C49H50BrF2N9O6. The number of halogens is 3. The van der Waals surface area contributed by atoms with Crippen LogP contribution in [0.2, 0.25) is 0 Å². The zero-order chi connectivity index (χ0) is 47.4. The number of aromatic nitrogens is 8. The number of aromatic amines is 2. The Balaban J connectivity index is 0.000000157. The topological polar surface area (TPSA) is 184 Å². The van der Waals surface area contributed by atoms with E-state index in [4.69, 9.17) is 14.5 Å². The lowest BCUT2D eigenvalue weighted by atomic mass is 10.1. The molecule has 67 heavy (non-hydrogen) atoms. The molecule has 1 aliphatic heterocycles. The van der Waals surface area contributed by atoms with Crippen LogP contribution in [0.25, 0.3) is 22.6 Å². The summed E-state index contributed by atoms with van der Waals surface area (Å²) in [5, 5.41) is 0.785. The fraction of sp³-hybridized carbons (Fsp3) is 0.347. The standard InChI is InChI=1S/C24H24FN5O3.C18H20N4O3.C7H6BrF/c1-14(2)30-21-19(22(31)28-24(30)32)29(12-15-7-9-17(25)10-8-15)20(27-21)18-4-3-11-26-23(18)33-13-16-5-6-16;1-10(2)22-15-13(16(23)21-18(22)24)8-14(20-15)12-4-3-7-19-17(12)25-9-11-5-6-11;8-5-6-1-3-7(9)4-2-6/h3-4,7-11,14,16H,5-6,12-13H2,1-2H3,(H,28,31,32);3-4,7,10-11H,5-6,8-9H2,1-2H3,(H,21,23,24);1-4H,5H2. The van der Waals surface area contributed by atoms with Crippen LogP contribution in [-0.2, 0) is 18.3 Å². The summed E-state index contributed by atoms with van der Waals surface area (Å²) in [4.78, 5) is 72.8. The van der Waals surface area contributed by atoms with Crippen molar-refractivity contribution in [3.63, 3.8) is 0 Å². The zero-order valence-corrected chi connectivity index (χ0v) is 39.1. The first-order chi connectivity index (χ1) is 32.3. The van der Waals surface area contributed by atoms with Crippen LogP contribution in [0, 0.1) is 23.5 Å². The van der Waals surface area contributed by atoms with E-state index in [9.17, 15) is 28.0 Å². The van der Waals surface area contributed by atoms with Gasteiger partial charge in [-0.05, 0) is 125 Å². The number of imidazole rings is 1. The quantitative estimate of drug-likeness (QED) is 0.108. The molecule has 0 bridgehead atoms. The molecule has 2 aliphatic carbocycles. The van der Waals surface area contributed by atoms with E-state index < -0.39 is 16.9 Å². The maximum Gasteiger partial charge on any atom is 0.330 e. The average molecular weight is 979 g/mol. The van der Waals surface area contributed by atoms with Gasteiger partial charge in [-0.3, -0.25) is 28.7 Å². The molecule has 7 aromatic rings. The minimum atomic E-state index is -0.530. The second kappa shape index (κ2) is 20.4. The number of ether oxygens (including phenoxy) is 2. The molecule has 5 aromatic heterocycles. The fourth-order valence-electron chi connectivity index (χ4n) is 7.52. The highest BCUT2D eigenvalue weighted by Crippen LogP contribution is 2.35. The molecule has 0 saturated heterocycles. The van der Waals surface area contributed by atoms with Gasteiger partial charge in [0.15, 0.2) is 11.2 Å². The summed E-state index contributed by atoms with van der Waals surface area (Å²) in [6.07, 6.45) is 8.38. The van der Waals surface area contributed by atoms with Crippen LogP contribution in [0.15, 0.2) is 109 Å². The summed E-state index contributed by atoms with van der Waals surface area (Å²) in [6, 6.07) is 19.5. The van der Waals surface area contributed by atoms with Crippen molar-refractivity contribution in [1.29, 1.82) is 0 Å². The van der Waals surface area contributed by atoms with E-state index in [2.05, 4.69) is 40.9 Å². The normalized spacial score (nSPS) is 14.0. The van der Waals surface area contributed by atoms with Gasteiger partial charge in [0.25, 0.3) is 11.1 Å². The summed E-state index contributed by atoms with van der Waals surface area (Å²) in [5.41, 5.74) is 3.20. The highest BCUT2D eigenvalue weighted by atomic mass is 79.9. The first-order valence-corrected chi connectivity index (χ1v) is 23.3. The molecule has 2 saturated carbocycles. The number of nitrogens with zero attached hydrogens (tertiary/aromatic N) is 7. The van der Waals surface area contributed by atoms with Crippen molar-refractivity contribution in [3.8, 4) is 23.1 Å². The van der Waals surface area contributed by atoms with Crippen LogP contribution in [-0.4, -0.2) is 57.5 Å². The Hall–Kier alpha value is -6.82. The second-order valence-corrected chi connectivity index (χ2v) is 17.8. The van der Waals surface area contributed by atoms with Crippen molar-refractivity contribution in [2.45, 2.75) is 83.8 Å². The number of alkyl halides is 1. The molecule has 0 amide bonds. The number of hydrogen-bond donors (Lipinski definition) is 2. The maximum atomic E-state index is 13.5. The zero-order valence-electron chi connectivity index (χ0n) is 37.5. The molecule has 15 nitrogen and oxygen atoms in total. The van der Waals surface area contributed by atoms with Crippen molar-refractivity contribution in [1.82, 2.24) is 38.6 Å². The number of pyridine rings is 2. The monoisotopic (exact) mass is 977 g/mol. The van der Waals surface area contributed by atoms with Gasteiger partial charge in [-0.15, -0.1) is 0 Å². The third-order valence-corrected chi connectivity index (χ3v) is 12.0. The van der Waals surface area contributed by atoms with Gasteiger partial charge < -0.3 is 14.0 Å². The van der Waals surface area contributed by atoms with Crippen molar-refractivity contribution in [3.05, 3.63) is 161 Å². The Kier molecular flexibility index (Phi) is 14.2. The molecule has 6 heterocycles. The molecule has 0 unspecified atom stereocenters. The molecule has 0 spiro atoms. The summed E-state index contributed by atoms with van der Waals surface area (Å²) in [7, 11) is 0. The number of hydrogen-bond acceptors (Lipinski definition) is 10. The smallest absolute Gasteiger partial charge is 0.330 e. The number of benzene rings is 2. The number of H-pyrrole nitrogens is 2. The predicted molar refractivity (Wildman–Crippen MR) is 255 cm³/mol. The fourth-order valence-corrected chi connectivity index (χ4v) is 7.89. The second-order valence-electron chi connectivity index (χ2n) is 17.3. The third-order valence-electron chi connectivity index (χ3n) is 11.4. The van der Waals surface area contributed by atoms with Gasteiger partial charge in [-0.2, -0.15) is 0 Å². The van der Waals surface area contributed by atoms with Crippen molar-refractivity contribution in [2.24, 2.45) is 16.8 Å². The predicted octanol–water partition coefficient (Wildman–Crippen LogP) is 8.20. The van der Waals surface area contributed by atoms with Crippen LogP contribution in [0.3, 0.4) is 0 Å². The third kappa shape index (κ3) is 10.9. The molecule has 2 aromatic carbocycles. The maximum absolute atomic E-state index is 13.5. The highest BCUT2D eigenvalue weighted by Gasteiger charge is 2.29. The Morgan fingerprint density at radius 1 is 0.701 bits per heavy atom. The molecule has 3 aliphatic rings. The molecule has 2 fully saturated rings. The van der Waals surface area contributed by atoms with E-state index in [1.54, 1.807) is 47.3 Å². The van der Waals surface area contributed by atoms with Crippen LogP contribution < -0.4 is 32.0 Å². The van der Waals surface area contributed by atoms with Crippen LogP contribution in [0.4, 0.5) is 14.6 Å². The van der Waals surface area contributed by atoms with Gasteiger partial charge in [0.05, 0.1) is 35.6 Å².